The first-order valence-electron chi connectivity index (χ1n) is 2.69. The molecule has 0 unspecified atom stereocenters. The van der Waals surface area contributed by atoms with Gasteiger partial charge in [-0.15, -0.1) is 10.2 Å². The molecule has 9 heavy (non-hydrogen) atoms. The zero-order chi connectivity index (χ0) is 6.85. The van der Waals surface area contributed by atoms with Crippen LogP contribution in [0, 0.1) is 0 Å². The van der Waals surface area contributed by atoms with Gasteiger partial charge in [0.2, 0.25) is 5.89 Å². The van der Waals surface area contributed by atoms with Gasteiger partial charge < -0.3 is 4.42 Å². The van der Waals surface area contributed by atoms with Gasteiger partial charge in [0.1, 0.15) is 0 Å². The summed E-state index contributed by atoms with van der Waals surface area (Å²) in [7, 11) is 0. The van der Waals surface area contributed by atoms with Crippen LogP contribution in [0.2, 0.25) is 0 Å². The Kier molecular flexibility index (Phi) is 1.85. The van der Waals surface area contributed by atoms with Crippen LogP contribution >= 0.6 is 15.9 Å². The Labute approximate surface area is 61.6 Å². The third-order valence-corrected chi connectivity index (χ3v) is 1.23. The van der Waals surface area contributed by atoms with Gasteiger partial charge in [-0.2, -0.15) is 0 Å². The van der Waals surface area contributed by atoms with Gasteiger partial charge >= 0.3 is 0 Å². The maximum atomic E-state index is 5.04. The monoisotopic (exact) mass is 190 g/mol. The minimum Gasteiger partial charge on any atom is -0.415 e. The molecule has 0 atom stereocenters. The standard InChI is InChI=1S/C5H7BrN2O/c1-3(2)4-7-8-5(6)9-4/h3H,1-2H3. The Balaban J connectivity index is 2.85. The van der Waals surface area contributed by atoms with Crippen molar-refractivity contribution in [1.29, 1.82) is 0 Å². The number of halogens is 1. The zero-order valence-corrected chi connectivity index (χ0v) is 6.84. The predicted octanol–water partition coefficient (Wildman–Crippen LogP) is 1.96. The SMILES string of the molecule is CC(C)c1nnc(Br)o1. The van der Waals surface area contributed by atoms with Crippen LogP contribution in [-0.4, -0.2) is 10.2 Å². The molecule has 50 valence electrons. The van der Waals surface area contributed by atoms with E-state index >= 15 is 0 Å². The van der Waals surface area contributed by atoms with E-state index in [0.717, 1.165) is 0 Å². The second kappa shape index (κ2) is 2.47. The fourth-order valence-electron chi connectivity index (χ4n) is 0.449. The van der Waals surface area contributed by atoms with E-state index in [-0.39, 0.29) is 0 Å². The van der Waals surface area contributed by atoms with Crippen LogP contribution in [0.1, 0.15) is 25.7 Å². The van der Waals surface area contributed by atoms with Crippen molar-refractivity contribution in [3.8, 4) is 0 Å². The minimum absolute atomic E-state index is 0.309. The lowest BCUT2D eigenvalue weighted by Crippen LogP contribution is -1.85. The molecule has 0 aliphatic heterocycles. The van der Waals surface area contributed by atoms with Crippen molar-refractivity contribution in [3.05, 3.63) is 10.7 Å². The van der Waals surface area contributed by atoms with Crippen molar-refractivity contribution in [3.63, 3.8) is 0 Å². The van der Waals surface area contributed by atoms with E-state index in [9.17, 15) is 0 Å². The van der Waals surface area contributed by atoms with Gasteiger partial charge in [0.15, 0.2) is 0 Å². The summed E-state index contributed by atoms with van der Waals surface area (Å²) in [5.41, 5.74) is 0. The van der Waals surface area contributed by atoms with Crippen molar-refractivity contribution >= 4 is 15.9 Å². The highest BCUT2D eigenvalue weighted by molar-refractivity contribution is 9.10. The normalized spacial score (nSPS) is 10.7. The summed E-state index contributed by atoms with van der Waals surface area (Å²) < 4.78 is 5.04. The van der Waals surface area contributed by atoms with Gasteiger partial charge in [0.25, 0.3) is 4.80 Å². The molecule has 0 radical (unpaired) electrons. The van der Waals surface area contributed by atoms with E-state index in [2.05, 4.69) is 26.1 Å². The van der Waals surface area contributed by atoms with E-state index in [1.807, 2.05) is 13.8 Å². The maximum absolute atomic E-state index is 5.04. The summed E-state index contributed by atoms with van der Waals surface area (Å²) in [6.07, 6.45) is 0. The average molecular weight is 191 g/mol. The molecule has 0 saturated carbocycles. The fourth-order valence-corrected chi connectivity index (χ4v) is 0.694. The number of hydrogen-bond acceptors (Lipinski definition) is 3. The van der Waals surface area contributed by atoms with Gasteiger partial charge in [0, 0.05) is 21.8 Å². The number of nitrogens with zero attached hydrogens (tertiary/aromatic N) is 2. The molecule has 1 rings (SSSR count). The van der Waals surface area contributed by atoms with Crippen molar-refractivity contribution in [2.75, 3.05) is 0 Å². The lowest BCUT2D eigenvalue weighted by molar-refractivity contribution is 0.451. The Morgan fingerprint density at radius 1 is 1.44 bits per heavy atom. The smallest absolute Gasteiger partial charge is 0.284 e. The van der Waals surface area contributed by atoms with E-state index in [1.165, 1.54) is 0 Å². The Hall–Kier alpha value is -0.380. The first kappa shape index (κ1) is 6.74. The van der Waals surface area contributed by atoms with Crippen LogP contribution in [0.4, 0.5) is 0 Å². The van der Waals surface area contributed by atoms with Crippen molar-refractivity contribution < 1.29 is 4.42 Å². The fraction of sp³-hybridized carbons (Fsp3) is 0.600. The summed E-state index contributed by atoms with van der Waals surface area (Å²) in [4.78, 5) is 0.450. The number of rotatable bonds is 1. The highest BCUT2D eigenvalue weighted by Gasteiger charge is 2.05. The quantitative estimate of drug-likeness (QED) is 0.680. The van der Waals surface area contributed by atoms with E-state index in [4.69, 9.17) is 4.42 Å². The van der Waals surface area contributed by atoms with Crippen LogP contribution in [0.15, 0.2) is 9.22 Å². The van der Waals surface area contributed by atoms with E-state index < -0.39 is 0 Å². The van der Waals surface area contributed by atoms with Gasteiger partial charge in [0.05, 0.1) is 0 Å². The zero-order valence-electron chi connectivity index (χ0n) is 5.26. The van der Waals surface area contributed by atoms with Crippen LogP contribution in [-0.2, 0) is 0 Å². The third-order valence-electron chi connectivity index (χ3n) is 0.910. The average Bonchev–Trinajstić information content (AvgIpc) is 2.14. The molecule has 1 heterocycles. The lowest BCUT2D eigenvalue weighted by atomic mass is 10.2. The summed E-state index contributed by atoms with van der Waals surface area (Å²) in [6.45, 7) is 4.00. The first-order valence-corrected chi connectivity index (χ1v) is 3.48. The van der Waals surface area contributed by atoms with Gasteiger partial charge in [-0.05, 0) is 0 Å². The van der Waals surface area contributed by atoms with Crippen molar-refractivity contribution in [1.82, 2.24) is 10.2 Å². The topological polar surface area (TPSA) is 38.9 Å². The lowest BCUT2D eigenvalue weighted by Gasteiger charge is -1.91. The Morgan fingerprint density at radius 2 is 2.11 bits per heavy atom. The van der Waals surface area contributed by atoms with Crippen LogP contribution in [0.5, 0.6) is 0 Å². The summed E-state index contributed by atoms with van der Waals surface area (Å²) >= 11 is 3.06. The molecule has 1 aromatic heterocycles. The largest absolute Gasteiger partial charge is 0.415 e. The number of hydrogen-bond donors (Lipinski definition) is 0. The summed E-state index contributed by atoms with van der Waals surface area (Å²) in [6, 6.07) is 0. The molecule has 0 aliphatic rings. The molecule has 0 aromatic carbocycles. The second-order valence-corrected chi connectivity index (χ2v) is 2.73. The molecule has 0 fully saturated rings. The number of aromatic nitrogens is 2. The first-order chi connectivity index (χ1) is 4.20. The molecular weight excluding hydrogens is 184 g/mol. The molecule has 1 aromatic rings. The molecule has 0 N–H and O–H groups in total. The molecule has 0 bridgehead atoms. The minimum atomic E-state index is 0.309. The molecule has 4 heteroatoms. The Morgan fingerprint density at radius 3 is 2.33 bits per heavy atom. The molecule has 0 aliphatic carbocycles. The molecular formula is C5H7BrN2O. The molecule has 0 saturated heterocycles. The van der Waals surface area contributed by atoms with Crippen molar-refractivity contribution in [2.24, 2.45) is 0 Å². The van der Waals surface area contributed by atoms with Crippen LogP contribution in [0.25, 0.3) is 0 Å². The van der Waals surface area contributed by atoms with Gasteiger partial charge in [-0.25, -0.2) is 0 Å². The molecule has 0 amide bonds. The predicted molar refractivity (Wildman–Crippen MR) is 36.1 cm³/mol. The Bertz CT molecular complexity index is 197. The van der Waals surface area contributed by atoms with Crippen molar-refractivity contribution in [2.45, 2.75) is 19.8 Å². The van der Waals surface area contributed by atoms with Gasteiger partial charge in [-0.1, -0.05) is 13.8 Å². The van der Waals surface area contributed by atoms with Gasteiger partial charge in [-0.3, -0.25) is 0 Å². The highest BCUT2D eigenvalue weighted by atomic mass is 79.9. The third kappa shape index (κ3) is 1.51. The van der Waals surface area contributed by atoms with E-state index in [1.54, 1.807) is 0 Å². The van der Waals surface area contributed by atoms with E-state index in [0.29, 0.717) is 16.6 Å². The maximum Gasteiger partial charge on any atom is 0.284 e. The summed E-state index contributed by atoms with van der Waals surface area (Å²) in [5.74, 6) is 0.977. The second-order valence-electron chi connectivity index (χ2n) is 2.05. The van der Waals surface area contributed by atoms with Crippen LogP contribution < -0.4 is 0 Å². The molecule has 0 spiro atoms. The molecule has 3 nitrogen and oxygen atoms in total. The highest BCUT2D eigenvalue weighted by Crippen LogP contribution is 2.14. The summed E-state index contributed by atoms with van der Waals surface area (Å²) in [5, 5.41) is 7.39. The van der Waals surface area contributed by atoms with Crippen LogP contribution in [0.3, 0.4) is 0 Å².